The van der Waals surface area contributed by atoms with Crippen LogP contribution in [-0.2, 0) is 6.54 Å². The van der Waals surface area contributed by atoms with Gasteiger partial charge in [-0.25, -0.2) is 0 Å². The summed E-state index contributed by atoms with van der Waals surface area (Å²) in [6, 6.07) is 9.18. The molecule has 7 heteroatoms. The second kappa shape index (κ2) is 6.43. The van der Waals surface area contributed by atoms with Crippen molar-refractivity contribution in [1.29, 1.82) is 0 Å². The van der Waals surface area contributed by atoms with Gasteiger partial charge in [0.25, 0.3) is 5.69 Å². The number of hydrogen-bond acceptors (Lipinski definition) is 5. The highest BCUT2D eigenvalue weighted by atomic mass is 35.5. The van der Waals surface area contributed by atoms with Crippen LogP contribution in [0.2, 0.25) is 5.02 Å². The monoisotopic (exact) mass is 308 g/mol. The molecule has 0 spiro atoms. The third-order valence-electron chi connectivity index (χ3n) is 2.82. The van der Waals surface area contributed by atoms with E-state index < -0.39 is 4.92 Å². The molecule has 2 N–H and O–H groups in total. The second-order valence-corrected chi connectivity index (χ2v) is 4.59. The van der Waals surface area contributed by atoms with Gasteiger partial charge >= 0.3 is 0 Å². The van der Waals surface area contributed by atoms with Crippen LogP contribution in [0.5, 0.6) is 17.2 Å². The van der Waals surface area contributed by atoms with Crippen molar-refractivity contribution in [1.82, 2.24) is 0 Å². The van der Waals surface area contributed by atoms with Gasteiger partial charge in [-0.2, -0.15) is 0 Å². The topological polar surface area (TPSA) is 87.6 Å². The average Bonchev–Trinajstić information content (AvgIpc) is 2.49. The Labute approximate surface area is 126 Å². The number of nitrogens with two attached hydrogens (primary N) is 1. The zero-order valence-electron chi connectivity index (χ0n) is 11.2. The number of non-ortho nitro benzene ring substituents is 1. The van der Waals surface area contributed by atoms with E-state index in [0.717, 1.165) is 5.56 Å². The molecular formula is C14H13ClN2O4. The van der Waals surface area contributed by atoms with Crippen molar-refractivity contribution >= 4 is 17.3 Å². The second-order valence-electron chi connectivity index (χ2n) is 4.15. The molecule has 6 nitrogen and oxygen atoms in total. The van der Waals surface area contributed by atoms with E-state index >= 15 is 0 Å². The fourth-order valence-corrected chi connectivity index (χ4v) is 1.97. The van der Waals surface area contributed by atoms with Gasteiger partial charge in [-0.15, -0.1) is 0 Å². The molecule has 0 aliphatic carbocycles. The first-order valence-corrected chi connectivity index (χ1v) is 6.41. The number of halogens is 1. The third-order valence-corrected chi connectivity index (χ3v) is 3.06. The van der Waals surface area contributed by atoms with E-state index in [2.05, 4.69) is 0 Å². The van der Waals surface area contributed by atoms with Crippen LogP contribution in [-0.4, -0.2) is 12.0 Å². The molecule has 0 aromatic heterocycles. The predicted octanol–water partition coefficient (Wildman–Crippen LogP) is 3.51. The fraction of sp³-hybridized carbons (Fsp3) is 0.143. The number of rotatable bonds is 5. The maximum atomic E-state index is 10.8. The lowest BCUT2D eigenvalue weighted by atomic mass is 10.2. The number of nitro groups is 1. The van der Waals surface area contributed by atoms with Gasteiger partial charge in [0.15, 0.2) is 11.5 Å². The Morgan fingerprint density at radius 2 is 1.90 bits per heavy atom. The molecule has 0 aliphatic rings. The molecule has 0 atom stereocenters. The quantitative estimate of drug-likeness (QED) is 0.674. The summed E-state index contributed by atoms with van der Waals surface area (Å²) >= 11 is 5.90. The van der Waals surface area contributed by atoms with Crippen LogP contribution in [0, 0.1) is 10.1 Å². The van der Waals surface area contributed by atoms with Crippen molar-refractivity contribution in [3.8, 4) is 17.2 Å². The maximum Gasteiger partial charge on any atom is 0.273 e. The molecule has 0 saturated carbocycles. The van der Waals surface area contributed by atoms with E-state index in [0.29, 0.717) is 16.5 Å². The smallest absolute Gasteiger partial charge is 0.273 e. The van der Waals surface area contributed by atoms with Crippen LogP contribution in [0.4, 0.5) is 5.69 Å². The molecule has 0 aliphatic heterocycles. The van der Waals surface area contributed by atoms with Crippen LogP contribution in [0.1, 0.15) is 5.56 Å². The molecule has 2 rings (SSSR count). The number of nitrogens with zero attached hydrogens (tertiary/aromatic N) is 1. The van der Waals surface area contributed by atoms with Crippen molar-refractivity contribution in [2.75, 3.05) is 7.11 Å². The standard InChI is InChI=1S/C14H13ClN2O4/c1-20-14-7-11(17(18)19)3-5-13(14)21-12-4-2-10(15)6-9(12)8-16/h2-7H,8,16H2,1H3. The van der Waals surface area contributed by atoms with Crippen molar-refractivity contribution in [3.63, 3.8) is 0 Å². The van der Waals surface area contributed by atoms with Crippen LogP contribution in [0.15, 0.2) is 36.4 Å². The number of hydrogen-bond donors (Lipinski definition) is 1. The van der Waals surface area contributed by atoms with E-state index in [9.17, 15) is 10.1 Å². The zero-order chi connectivity index (χ0) is 15.4. The highest BCUT2D eigenvalue weighted by Gasteiger charge is 2.14. The van der Waals surface area contributed by atoms with Gasteiger partial charge in [0.2, 0.25) is 0 Å². The van der Waals surface area contributed by atoms with E-state index in [1.54, 1.807) is 18.2 Å². The summed E-state index contributed by atoms with van der Waals surface area (Å²) in [7, 11) is 1.41. The minimum atomic E-state index is -0.500. The minimum absolute atomic E-state index is 0.0747. The SMILES string of the molecule is COc1cc([N+](=O)[O-])ccc1Oc1ccc(Cl)cc1CN. The Kier molecular flexibility index (Phi) is 4.62. The molecule has 21 heavy (non-hydrogen) atoms. The molecule has 0 fully saturated rings. The highest BCUT2D eigenvalue weighted by molar-refractivity contribution is 6.30. The van der Waals surface area contributed by atoms with Crippen molar-refractivity contribution in [2.45, 2.75) is 6.54 Å². The van der Waals surface area contributed by atoms with Gasteiger partial charge < -0.3 is 15.2 Å². The number of nitro benzene ring substituents is 1. The summed E-state index contributed by atoms with van der Waals surface area (Å²) in [6.45, 7) is 0.255. The fourth-order valence-electron chi connectivity index (χ4n) is 1.78. The molecule has 0 unspecified atom stereocenters. The summed E-state index contributed by atoms with van der Waals surface area (Å²) in [5.41, 5.74) is 6.30. The molecule has 110 valence electrons. The lowest BCUT2D eigenvalue weighted by molar-refractivity contribution is -0.384. The number of methoxy groups -OCH3 is 1. The van der Waals surface area contributed by atoms with Gasteiger partial charge in [0.05, 0.1) is 18.1 Å². The third kappa shape index (κ3) is 3.42. The van der Waals surface area contributed by atoms with Gasteiger partial charge in [-0.1, -0.05) is 11.6 Å². The van der Waals surface area contributed by atoms with Crippen molar-refractivity contribution in [2.24, 2.45) is 5.73 Å². The molecule has 0 saturated heterocycles. The molecule has 2 aromatic rings. The molecule has 2 aromatic carbocycles. The summed E-state index contributed by atoms with van der Waals surface area (Å²) in [5.74, 6) is 1.15. The average molecular weight is 309 g/mol. The summed E-state index contributed by atoms with van der Waals surface area (Å²) in [5, 5.41) is 11.3. The maximum absolute atomic E-state index is 10.8. The van der Waals surface area contributed by atoms with E-state index in [-0.39, 0.29) is 18.0 Å². The zero-order valence-corrected chi connectivity index (χ0v) is 12.0. The summed E-state index contributed by atoms with van der Waals surface area (Å²) in [4.78, 5) is 10.3. The van der Waals surface area contributed by atoms with E-state index in [1.807, 2.05) is 0 Å². The van der Waals surface area contributed by atoms with E-state index in [4.69, 9.17) is 26.8 Å². The summed E-state index contributed by atoms with van der Waals surface area (Å²) < 4.78 is 10.8. The van der Waals surface area contributed by atoms with Crippen LogP contribution < -0.4 is 15.2 Å². The first-order chi connectivity index (χ1) is 10.0. The lowest BCUT2D eigenvalue weighted by Crippen LogP contribution is -2.00. The normalized spacial score (nSPS) is 10.2. The minimum Gasteiger partial charge on any atom is -0.493 e. The van der Waals surface area contributed by atoms with Gasteiger partial charge in [-0.05, 0) is 24.3 Å². The van der Waals surface area contributed by atoms with Gasteiger partial charge in [-0.3, -0.25) is 10.1 Å². The Morgan fingerprint density at radius 3 is 2.52 bits per heavy atom. The molecule has 0 heterocycles. The largest absolute Gasteiger partial charge is 0.493 e. The first kappa shape index (κ1) is 15.1. The number of benzene rings is 2. The Morgan fingerprint density at radius 1 is 1.19 bits per heavy atom. The van der Waals surface area contributed by atoms with Crippen molar-refractivity contribution < 1.29 is 14.4 Å². The molecule has 0 bridgehead atoms. The Bertz CT molecular complexity index is 676. The van der Waals surface area contributed by atoms with Crippen LogP contribution >= 0.6 is 11.6 Å². The lowest BCUT2D eigenvalue weighted by Gasteiger charge is -2.13. The van der Waals surface area contributed by atoms with E-state index in [1.165, 1.54) is 25.3 Å². The Balaban J connectivity index is 2.37. The number of ether oxygens (including phenoxy) is 2. The summed E-state index contributed by atoms with van der Waals surface area (Å²) in [6.07, 6.45) is 0. The van der Waals surface area contributed by atoms with Crippen LogP contribution in [0.25, 0.3) is 0 Å². The molecule has 0 radical (unpaired) electrons. The molecular weight excluding hydrogens is 296 g/mol. The first-order valence-electron chi connectivity index (χ1n) is 6.04. The van der Waals surface area contributed by atoms with Crippen LogP contribution in [0.3, 0.4) is 0 Å². The highest BCUT2D eigenvalue weighted by Crippen LogP contribution is 2.36. The van der Waals surface area contributed by atoms with Gasteiger partial charge in [0, 0.05) is 23.2 Å². The van der Waals surface area contributed by atoms with Gasteiger partial charge in [0.1, 0.15) is 5.75 Å². The predicted molar refractivity (Wildman–Crippen MR) is 79.1 cm³/mol. The van der Waals surface area contributed by atoms with Crippen molar-refractivity contribution in [3.05, 3.63) is 57.1 Å². The Hall–Kier alpha value is -2.31. The molecule has 0 amide bonds.